The molecule has 0 radical (unpaired) electrons. The Balaban J connectivity index is 2.31. The van der Waals surface area contributed by atoms with E-state index in [-0.39, 0.29) is 0 Å². The monoisotopic (exact) mass is 195 g/mol. The van der Waals surface area contributed by atoms with E-state index in [1.165, 1.54) is 12.8 Å². The van der Waals surface area contributed by atoms with Gasteiger partial charge in [0.1, 0.15) is 0 Å². The van der Waals surface area contributed by atoms with E-state index in [1.54, 1.807) is 0 Å². The molecule has 0 amide bonds. The predicted octanol–water partition coefficient (Wildman–Crippen LogP) is 1.35. The summed E-state index contributed by atoms with van der Waals surface area (Å²) in [7, 11) is 0. The van der Waals surface area contributed by atoms with Gasteiger partial charge >= 0.3 is 0 Å². The quantitative estimate of drug-likeness (QED) is 0.689. The molecule has 0 aliphatic carbocycles. The van der Waals surface area contributed by atoms with Crippen LogP contribution < -0.4 is 5.73 Å². The largest absolute Gasteiger partial charge is 0.329 e. The van der Waals surface area contributed by atoms with Gasteiger partial charge in [-0.25, -0.2) is 0 Å². The highest BCUT2D eigenvalue weighted by Gasteiger charge is 2.24. The van der Waals surface area contributed by atoms with Gasteiger partial charge in [-0.1, -0.05) is 6.92 Å². The van der Waals surface area contributed by atoms with Crippen LogP contribution in [0.3, 0.4) is 0 Å². The zero-order valence-corrected chi connectivity index (χ0v) is 9.08. The van der Waals surface area contributed by atoms with E-state index >= 15 is 0 Å². The normalized spacial score (nSPS) is 28.6. The Morgan fingerprint density at radius 2 is 2.36 bits per heavy atom. The molecule has 1 fully saturated rings. The maximum atomic E-state index is 8.47. The van der Waals surface area contributed by atoms with Gasteiger partial charge in [-0.15, -0.1) is 0 Å². The minimum absolute atomic E-state index is 0.553. The third-order valence-electron chi connectivity index (χ3n) is 3.11. The number of rotatable bonds is 4. The van der Waals surface area contributed by atoms with Gasteiger partial charge in [0.05, 0.1) is 6.07 Å². The third-order valence-corrected chi connectivity index (χ3v) is 3.11. The second-order valence-corrected chi connectivity index (χ2v) is 4.32. The van der Waals surface area contributed by atoms with E-state index < -0.39 is 0 Å². The second kappa shape index (κ2) is 6.00. The first-order valence-corrected chi connectivity index (χ1v) is 5.59. The van der Waals surface area contributed by atoms with Crippen LogP contribution in [0.2, 0.25) is 0 Å². The number of likely N-dealkylation sites (tertiary alicyclic amines) is 1. The number of nitriles is 1. The Kier molecular flexibility index (Phi) is 4.92. The van der Waals surface area contributed by atoms with E-state index in [9.17, 15) is 0 Å². The van der Waals surface area contributed by atoms with Gasteiger partial charge in [0, 0.05) is 19.0 Å². The van der Waals surface area contributed by atoms with Crippen molar-refractivity contribution >= 4 is 0 Å². The Morgan fingerprint density at radius 3 is 3.00 bits per heavy atom. The fourth-order valence-electron chi connectivity index (χ4n) is 2.20. The molecule has 80 valence electrons. The fraction of sp³-hybridized carbons (Fsp3) is 0.909. The van der Waals surface area contributed by atoms with Crippen LogP contribution in [0.15, 0.2) is 0 Å². The third kappa shape index (κ3) is 3.28. The number of nitrogens with two attached hydrogens (primary N) is 1. The van der Waals surface area contributed by atoms with Gasteiger partial charge in [0.2, 0.25) is 0 Å². The number of hydrogen-bond acceptors (Lipinski definition) is 3. The van der Waals surface area contributed by atoms with Crippen molar-refractivity contribution in [1.29, 1.82) is 5.26 Å². The lowest BCUT2D eigenvalue weighted by Gasteiger charge is -2.37. The van der Waals surface area contributed by atoms with Crippen molar-refractivity contribution in [3.05, 3.63) is 0 Å². The van der Waals surface area contributed by atoms with E-state index in [0.717, 1.165) is 32.0 Å². The van der Waals surface area contributed by atoms with E-state index in [4.69, 9.17) is 11.0 Å². The molecule has 1 rings (SSSR count). The van der Waals surface area contributed by atoms with Crippen LogP contribution in [0.4, 0.5) is 0 Å². The summed E-state index contributed by atoms with van der Waals surface area (Å²) in [5.41, 5.74) is 5.75. The Bertz CT molecular complexity index is 197. The van der Waals surface area contributed by atoms with Crippen molar-refractivity contribution in [2.75, 3.05) is 19.6 Å². The summed E-state index contributed by atoms with van der Waals surface area (Å²) in [5, 5.41) is 8.47. The SMILES string of the molecule is CC1CCN(CCCC#N)C(CN)C1. The molecule has 0 aromatic rings. The molecule has 1 aliphatic rings. The lowest BCUT2D eigenvalue weighted by atomic mass is 9.92. The molecule has 0 bridgehead atoms. The molecule has 2 unspecified atom stereocenters. The number of piperidine rings is 1. The Labute approximate surface area is 86.9 Å². The van der Waals surface area contributed by atoms with Crippen LogP contribution in [0.5, 0.6) is 0 Å². The molecular weight excluding hydrogens is 174 g/mol. The molecule has 0 saturated carbocycles. The molecule has 2 atom stereocenters. The topological polar surface area (TPSA) is 53.0 Å². The predicted molar refractivity (Wildman–Crippen MR) is 57.7 cm³/mol. The summed E-state index contributed by atoms with van der Waals surface area (Å²) < 4.78 is 0. The van der Waals surface area contributed by atoms with Crippen molar-refractivity contribution in [2.24, 2.45) is 11.7 Å². The first-order chi connectivity index (χ1) is 6.77. The molecule has 1 saturated heterocycles. The summed E-state index contributed by atoms with van der Waals surface area (Å²) in [4.78, 5) is 2.46. The maximum absolute atomic E-state index is 8.47. The zero-order valence-electron chi connectivity index (χ0n) is 9.08. The van der Waals surface area contributed by atoms with Crippen LogP contribution in [0.25, 0.3) is 0 Å². The zero-order chi connectivity index (χ0) is 10.4. The number of hydrogen-bond donors (Lipinski definition) is 1. The summed E-state index contributed by atoms with van der Waals surface area (Å²) in [6.07, 6.45) is 4.16. The second-order valence-electron chi connectivity index (χ2n) is 4.32. The number of nitrogens with zero attached hydrogens (tertiary/aromatic N) is 2. The minimum Gasteiger partial charge on any atom is -0.329 e. The molecule has 14 heavy (non-hydrogen) atoms. The van der Waals surface area contributed by atoms with E-state index in [2.05, 4.69) is 17.9 Å². The first-order valence-electron chi connectivity index (χ1n) is 5.59. The molecule has 0 aromatic heterocycles. The average Bonchev–Trinajstić information content (AvgIpc) is 2.20. The van der Waals surface area contributed by atoms with Crippen LogP contribution in [-0.4, -0.2) is 30.6 Å². The lowest BCUT2D eigenvalue weighted by molar-refractivity contribution is 0.122. The molecular formula is C11H21N3. The Morgan fingerprint density at radius 1 is 1.57 bits per heavy atom. The lowest BCUT2D eigenvalue weighted by Crippen LogP contribution is -2.46. The highest BCUT2D eigenvalue weighted by molar-refractivity contribution is 4.81. The molecule has 1 aliphatic heterocycles. The van der Waals surface area contributed by atoms with Crippen molar-refractivity contribution in [2.45, 2.75) is 38.6 Å². The van der Waals surface area contributed by atoms with Crippen molar-refractivity contribution in [1.82, 2.24) is 4.90 Å². The molecule has 0 aromatic carbocycles. The fourth-order valence-corrected chi connectivity index (χ4v) is 2.20. The maximum Gasteiger partial charge on any atom is 0.0622 e. The van der Waals surface area contributed by atoms with Gasteiger partial charge in [-0.05, 0) is 38.3 Å². The molecule has 2 N–H and O–H groups in total. The Hall–Kier alpha value is -0.590. The molecule has 1 heterocycles. The summed E-state index contributed by atoms with van der Waals surface area (Å²) in [5.74, 6) is 0.816. The summed E-state index contributed by atoms with van der Waals surface area (Å²) in [6.45, 7) is 5.27. The van der Waals surface area contributed by atoms with Crippen molar-refractivity contribution < 1.29 is 0 Å². The number of unbranched alkanes of at least 4 members (excludes halogenated alkanes) is 1. The van der Waals surface area contributed by atoms with Crippen LogP contribution in [0, 0.1) is 17.2 Å². The smallest absolute Gasteiger partial charge is 0.0622 e. The average molecular weight is 195 g/mol. The highest BCUT2D eigenvalue weighted by atomic mass is 15.2. The first kappa shape index (κ1) is 11.5. The van der Waals surface area contributed by atoms with Crippen LogP contribution >= 0.6 is 0 Å². The van der Waals surface area contributed by atoms with Crippen molar-refractivity contribution in [3.8, 4) is 6.07 Å². The minimum atomic E-state index is 0.553. The van der Waals surface area contributed by atoms with E-state index in [1.807, 2.05) is 0 Å². The van der Waals surface area contributed by atoms with Gasteiger partial charge in [0.25, 0.3) is 0 Å². The van der Waals surface area contributed by atoms with Gasteiger partial charge in [-0.2, -0.15) is 5.26 Å². The van der Waals surface area contributed by atoms with E-state index in [0.29, 0.717) is 12.5 Å². The summed E-state index contributed by atoms with van der Waals surface area (Å²) in [6, 6.07) is 2.74. The van der Waals surface area contributed by atoms with Gasteiger partial charge in [0.15, 0.2) is 0 Å². The standard InChI is InChI=1S/C11H21N3/c1-10-4-7-14(6-3-2-5-12)11(8-10)9-13/h10-11H,2-4,6-9,13H2,1H3. The van der Waals surface area contributed by atoms with Crippen LogP contribution in [-0.2, 0) is 0 Å². The van der Waals surface area contributed by atoms with Crippen molar-refractivity contribution in [3.63, 3.8) is 0 Å². The van der Waals surface area contributed by atoms with Crippen LogP contribution in [0.1, 0.15) is 32.6 Å². The molecule has 0 spiro atoms. The van der Waals surface area contributed by atoms with Gasteiger partial charge in [-0.3, -0.25) is 4.90 Å². The molecule has 3 heteroatoms. The molecule has 3 nitrogen and oxygen atoms in total. The summed E-state index contributed by atoms with van der Waals surface area (Å²) >= 11 is 0. The highest BCUT2D eigenvalue weighted by Crippen LogP contribution is 2.21. The van der Waals surface area contributed by atoms with Gasteiger partial charge < -0.3 is 5.73 Å².